The van der Waals surface area contributed by atoms with E-state index < -0.39 is 0 Å². The van der Waals surface area contributed by atoms with Gasteiger partial charge < -0.3 is 14.5 Å². The molecule has 2 heterocycles. The van der Waals surface area contributed by atoms with E-state index in [-0.39, 0.29) is 11.9 Å². The predicted octanol–water partition coefficient (Wildman–Crippen LogP) is 3.44. The average molecular weight is 348 g/mol. The molecule has 24 heavy (non-hydrogen) atoms. The van der Waals surface area contributed by atoms with Gasteiger partial charge in [0, 0.05) is 24.8 Å². The number of aromatic nitrogens is 1. The fraction of sp³-hybridized carbons (Fsp3) is 0.444. The van der Waals surface area contributed by atoms with Crippen molar-refractivity contribution in [1.82, 2.24) is 10.3 Å². The molecule has 0 spiro atoms. The van der Waals surface area contributed by atoms with Gasteiger partial charge in [0.05, 0.1) is 18.6 Å². The van der Waals surface area contributed by atoms with E-state index >= 15 is 0 Å². The number of furan rings is 1. The molecule has 5 nitrogen and oxygen atoms in total. The molecule has 0 aliphatic rings. The van der Waals surface area contributed by atoms with Crippen molar-refractivity contribution in [1.29, 1.82) is 0 Å². The molecule has 2 aromatic heterocycles. The highest BCUT2D eigenvalue weighted by molar-refractivity contribution is 7.99. The van der Waals surface area contributed by atoms with E-state index in [1.165, 1.54) is 0 Å². The Hall–Kier alpha value is -1.79. The summed E-state index contributed by atoms with van der Waals surface area (Å²) in [6, 6.07) is 7.32. The van der Waals surface area contributed by atoms with Gasteiger partial charge >= 0.3 is 0 Å². The lowest BCUT2D eigenvalue weighted by atomic mass is 10.2. The van der Waals surface area contributed by atoms with Crippen molar-refractivity contribution in [3.8, 4) is 0 Å². The molecule has 6 heteroatoms. The lowest BCUT2D eigenvalue weighted by molar-refractivity contribution is -0.120. The Morgan fingerprint density at radius 1 is 1.29 bits per heavy atom. The van der Waals surface area contributed by atoms with Crippen LogP contribution in [0.1, 0.15) is 31.2 Å². The molecule has 0 aromatic carbocycles. The first kappa shape index (κ1) is 18.5. The van der Waals surface area contributed by atoms with Crippen LogP contribution in [0, 0.1) is 5.92 Å². The Labute approximate surface area is 147 Å². The summed E-state index contributed by atoms with van der Waals surface area (Å²) in [6.45, 7) is 5.25. The van der Waals surface area contributed by atoms with Crippen molar-refractivity contribution in [2.45, 2.75) is 25.6 Å². The molecular weight excluding hydrogens is 324 g/mol. The molecule has 2 aromatic rings. The van der Waals surface area contributed by atoms with Gasteiger partial charge in [-0.25, -0.2) is 0 Å². The zero-order chi connectivity index (χ0) is 17.2. The second-order valence-electron chi connectivity index (χ2n) is 5.92. The normalized spacial score (nSPS) is 12.3. The first-order valence-electron chi connectivity index (χ1n) is 8.02. The molecule has 1 atom stereocenters. The SMILES string of the molecule is CC(C)COC[C@@H](NC(=O)CSCc1ccncc1)c1ccco1. The highest BCUT2D eigenvalue weighted by Gasteiger charge is 2.17. The van der Waals surface area contributed by atoms with Crippen molar-refractivity contribution >= 4 is 17.7 Å². The maximum Gasteiger partial charge on any atom is 0.230 e. The minimum atomic E-state index is -0.257. The van der Waals surface area contributed by atoms with Gasteiger partial charge in [-0.05, 0) is 35.7 Å². The quantitative estimate of drug-likeness (QED) is 0.712. The van der Waals surface area contributed by atoms with Gasteiger partial charge in [0.2, 0.25) is 5.91 Å². The third-order valence-electron chi connectivity index (χ3n) is 3.21. The first-order chi connectivity index (χ1) is 11.6. The zero-order valence-electron chi connectivity index (χ0n) is 14.1. The van der Waals surface area contributed by atoms with Crippen LogP contribution in [-0.4, -0.2) is 29.9 Å². The molecule has 0 saturated carbocycles. The summed E-state index contributed by atoms with van der Waals surface area (Å²) >= 11 is 1.57. The molecular formula is C18H24N2O3S. The minimum absolute atomic E-state index is 0.0244. The highest BCUT2D eigenvalue weighted by Crippen LogP contribution is 2.16. The maximum absolute atomic E-state index is 12.2. The largest absolute Gasteiger partial charge is 0.467 e. The summed E-state index contributed by atoms with van der Waals surface area (Å²) in [5.41, 5.74) is 1.16. The number of hydrogen-bond acceptors (Lipinski definition) is 5. The van der Waals surface area contributed by atoms with Gasteiger partial charge in [-0.3, -0.25) is 9.78 Å². The van der Waals surface area contributed by atoms with Gasteiger partial charge in [0.25, 0.3) is 0 Å². The van der Waals surface area contributed by atoms with Crippen LogP contribution in [0.5, 0.6) is 0 Å². The number of rotatable bonds is 10. The highest BCUT2D eigenvalue weighted by atomic mass is 32.2. The lowest BCUT2D eigenvalue weighted by Gasteiger charge is -2.17. The second-order valence-corrected chi connectivity index (χ2v) is 6.90. The van der Waals surface area contributed by atoms with Gasteiger partial charge in [0.1, 0.15) is 11.8 Å². The van der Waals surface area contributed by atoms with Gasteiger partial charge in [0.15, 0.2) is 0 Å². The second kappa shape index (κ2) is 10.2. The molecule has 0 bridgehead atoms. The lowest BCUT2D eigenvalue weighted by Crippen LogP contribution is -2.33. The Bertz CT molecular complexity index is 588. The molecule has 0 saturated heterocycles. The number of carbonyl (C=O) groups is 1. The summed E-state index contributed by atoms with van der Waals surface area (Å²) in [6.07, 6.45) is 5.12. The van der Waals surface area contributed by atoms with E-state index in [0.717, 1.165) is 11.3 Å². The molecule has 0 radical (unpaired) electrons. The number of amides is 1. The van der Waals surface area contributed by atoms with E-state index in [9.17, 15) is 4.79 Å². The predicted molar refractivity (Wildman–Crippen MR) is 95.6 cm³/mol. The number of carbonyl (C=O) groups excluding carboxylic acids is 1. The van der Waals surface area contributed by atoms with Crippen LogP contribution in [0.4, 0.5) is 0 Å². The summed E-state index contributed by atoms with van der Waals surface area (Å²) in [7, 11) is 0. The molecule has 130 valence electrons. The summed E-state index contributed by atoms with van der Waals surface area (Å²) in [5, 5.41) is 2.99. The molecule has 1 amide bonds. The number of nitrogens with zero attached hydrogens (tertiary/aromatic N) is 1. The molecule has 0 aliphatic heterocycles. The Morgan fingerprint density at radius 2 is 2.08 bits per heavy atom. The number of hydrogen-bond donors (Lipinski definition) is 1. The first-order valence-corrected chi connectivity index (χ1v) is 9.17. The Morgan fingerprint density at radius 3 is 2.75 bits per heavy atom. The van der Waals surface area contributed by atoms with E-state index in [2.05, 4.69) is 24.1 Å². The Kier molecular flexibility index (Phi) is 7.85. The van der Waals surface area contributed by atoms with Gasteiger partial charge in [-0.15, -0.1) is 11.8 Å². The van der Waals surface area contributed by atoms with Crippen LogP contribution >= 0.6 is 11.8 Å². The van der Waals surface area contributed by atoms with Crippen LogP contribution in [0.3, 0.4) is 0 Å². The third-order valence-corrected chi connectivity index (χ3v) is 4.21. The average Bonchev–Trinajstić information content (AvgIpc) is 3.09. The Balaban J connectivity index is 1.78. The van der Waals surface area contributed by atoms with Crippen molar-refractivity contribution in [2.75, 3.05) is 19.0 Å². The standard InChI is InChI=1S/C18H24N2O3S/c1-14(2)10-22-11-16(17-4-3-9-23-17)20-18(21)13-24-12-15-5-7-19-8-6-15/h3-9,14,16H,10-13H2,1-2H3,(H,20,21)/t16-/m1/s1. The van der Waals surface area contributed by atoms with E-state index in [1.807, 2.05) is 24.3 Å². The number of thioether (sulfide) groups is 1. The molecule has 1 N–H and O–H groups in total. The van der Waals surface area contributed by atoms with Crippen molar-refractivity contribution < 1.29 is 13.9 Å². The van der Waals surface area contributed by atoms with E-state index in [1.54, 1.807) is 30.4 Å². The fourth-order valence-corrected chi connectivity index (χ4v) is 2.88. The number of pyridine rings is 1. The van der Waals surface area contributed by atoms with E-state index in [4.69, 9.17) is 9.15 Å². The summed E-state index contributed by atoms with van der Waals surface area (Å²) in [4.78, 5) is 16.2. The molecule has 0 fully saturated rings. The molecule has 0 unspecified atom stereocenters. The van der Waals surface area contributed by atoms with Crippen LogP contribution in [0.2, 0.25) is 0 Å². The number of ether oxygens (including phenoxy) is 1. The summed E-state index contributed by atoms with van der Waals surface area (Å²) < 4.78 is 11.1. The van der Waals surface area contributed by atoms with Crippen molar-refractivity contribution in [3.05, 3.63) is 54.2 Å². The maximum atomic E-state index is 12.2. The molecule has 2 rings (SSSR count). The zero-order valence-corrected chi connectivity index (χ0v) is 14.9. The monoisotopic (exact) mass is 348 g/mol. The van der Waals surface area contributed by atoms with Crippen LogP contribution in [0.15, 0.2) is 47.3 Å². The van der Waals surface area contributed by atoms with Gasteiger partial charge in [-0.2, -0.15) is 0 Å². The smallest absolute Gasteiger partial charge is 0.230 e. The van der Waals surface area contributed by atoms with Crippen LogP contribution in [-0.2, 0) is 15.3 Å². The van der Waals surface area contributed by atoms with Crippen molar-refractivity contribution in [2.24, 2.45) is 5.92 Å². The summed E-state index contributed by atoms with van der Waals surface area (Å²) in [5.74, 6) is 2.32. The number of nitrogens with one attached hydrogen (secondary N) is 1. The fourth-order valence-electron chi connectivity index (χ4n) is 2.08. The van der Waals surface area contributed by atoms with Crippen LogP contribution in [0.25, 0.3) is 0 Å². The minimum Gasteiger partial charge on any atom is -0.467 e. The molecule has 0 aliphatic carbocycles. The van der Waals surface area contributed by atoms with Crippen LogP contribution < -0.4 is 5.32 Å². The topological polar surface area (TPSA) is 64.4 Å². The van der Waals surface area contributed by atoms with E-state index in [0.29, 0.717) is 30.6 Å². The van der Waals surface area contributed by atoms with Gasteiger partial charge in [-0.1, -0.05) is 13.8 Å². The van der Waals surface area contributed by atoms with Crippen molar-refractivity contribution in [3.63, 3.8) is 0 Å². The third kappa shape index (κ3) is 6.76.